The fraction of sp³-hybridized carbons (Fsp3) is 0.583. The second kappa shape index (κ2) is 6.43. The van der Waals surface area contributed by atoms with Gasteiger partial charge in [-0.3, -0.25) is 0 Å². The van der Waals surface area contributed by atoms with E-state index in [1.165, 1.54) is 0 Å². The van der Waals surface area contributed by atoms with E-state index < -0.39 is 11.7 Å². The van der Waals surface area contributed by atoms with Crippen molar-refractivity contribution in [3.63, 3.8) is 0 Å². The quantitative estimate of drug-likeness (QED) is 0.873. The van der Waals surface area contributed by atoms with Crippen molar-refractivity contribution in [3.05, 3.63) is 22.8 Å². The third kappa shape index (κ3) is 4.87. The summed E-state index contributed by atoms with van der Waals surface area (Å²) in [5, 5.41) is 2.91. The largest absolute Gasteiger partial charge is 0.417 e. The molecular weight excluding hydrogens is 279 g/mol. The number of rotatable bonds is 5. The Morgan fingerprint density at radius 2 is 2.05 bits per heavy atom. The van der Waals surface area contributed by atoms with Gasteiger partial charge in [-0.1, -0.05) is 25.4 Å². The normalized spacial score (nSPS) is 13.7. The first-order valence-corrected chi connectivity index (χ1v) is 6.31. The lowest BCUT2D eigenvalue weighted by molar-refractivity contribution is -0.137. The van der Waals surface area contributed by atoms with E-state index in [1.807, 2.05) is 13.8 Å². The highest BCUT2D eigenvalue weighted by Gasteiger charge is 2.31. The monoisotopic (exact) mass is 295 g/mol. The van der Waals surface area contributed by atoms with Gasteiger partial charge in [-0.15, -0.1) is 0 Å². The van der Waals surface area contributed by atoms with E-state index in [9.17, 15) is 13.2 Å². The van der Waals surface area contributed by atoms with Crippen LogP contribution in [0.15, 0.2) is 12.3 Å². The number of nitrogens with two attached hydrogens (primary N) is 1. The molecule has 1 atom stereocenters. The molecule has 1 aromatic rings. The number of hydrogen-bond acceptors (Lipinski definition) is 3. The summed E-state index contributed by atoms with van der Waals surface area (Å²) in [5.74, 6) is 0.639. The Morgan fingerprint density at radius 1 is 1.42 bits per heavy atom. The summed E-state index contributed by atoms with van der Waals surface area (Å²) in [6.45, 7) is 4.43. The summed E-state index contributed by atoms with van der Waals surface area (Å²) >= 11 is 5.81. The van der Waals surface area contributed by atoms with Crippen LogP contribution >= 0.6 is 11.6 Å². The Balaban J connectivity index is 2.85. The topological polar surface area (TPSA) is 50.9 Å². The molecule has 3 nitrogen and oxygen atoms in total. The van der Waals surface area contributed by atoms with E-state index in [1.54, 1.807) is 0 Å². The van der Waals surface area contributed by atoms with Crippen molar-refractivity contribution < 1.29 is 13.2 Å². The van der Waals surface area contributed by atoms with Crippen LogP contribution in [0.25, 0.3) is 0 Å². The Hall–Kier alpha value is -1.01. The van der Waals surface area contributed by atoms with Gasteiger partial charge in [0.1, 0.15) is 5.82 Å². The molecule has 0 saturated carbocycles. The van der Waals surface area contributed by atoms with Crippen LogP contribution in [0.2, 0.25) is 5.02 Å². The fourth-order valence-electron chi connectivity index (χ4n) is 1.68. The van der Waals surface area contributed by atoms with Crippen LogP contribution in [0.5, 0.6) is 0 Å². The number of alkyl halides is 3. The number of hydrogen-bond donors (Lipinski definition) is 2. The zero-order valence-corrected chi connectivity index (χ0v) is 11.5. The molecule has 19 heavy (non-hydrogen) atoms. The van der Waals surface area contributed by atoms with Gasteiger partial charge in [0.05, 0.1) is 10.6 Å². The van der Waals surface area contributed by atoms with E-state index in [2.05, 4.69) is 10.3 Å². The highest BCUT2D eigenvalue weighted by molar-refractivity contribution is 6.33. The Morgan fingerprint density at radius 3 is 2.47 bits per heavy atom. The minimum Gasteiger partial charge on any atom is -0.365 e. The van der Waals surface area contributed by atoms with E-state index in [4.69, 9.17) is 17.3 Å². The van der Waals surface area contributed by atoms with Crippen LogP contribution in [0, 0.1) is 5.92 Å². The average Bonchev–Trinajstić information content (AvgIpc) is 2.28. The second-order valence-electron chi connectivity index (χ2n) is 4.76. The minimum atomic E-state index is -4.44. The van der Waals surface area contributed by atoms with E-state index in [0.717, 1.165) is 18.7 Å². The second-order valence-corrected chi connectivity index (χ2v) is 5.17. The standard InChI is InChI=1S/C12H17ClF3N3/c1-7(2)3-9(5-17)19-11-10(13)4-8(6-18-11)12(14,15)16/h4,6-7,9H,3,5,17H2,1-2H3,(H,18,19). The summed E-state index contributed by atoms with van der Waals surface area (Å²) in [6, 6.07) is 0.793. The molecule has 0 spiro atoms. The Bertz CT molecular complexity index is 421. The number of nitrogens with one attached hydrogen (secondary N) is 1. The zero-order chi connectivity index (χ0) is 14.6. The van der Waals surface area contributed by atoms with Crippen molar-refractivity contribution in [1.29, 1.82) is 0 Å². The molecule has 0 amide bonds. The van der Waals surface area contributed by atoms with E-state index in [-0.39, 0.29) is 16.9 Å². The van der Waals surface area contributed by atoms with Crippen molar-refractivity contribution in [2.24, 2.45) is 11.7 Å². The first kappa shape index (κ1) is 16.0. The highest BCUT2D eigenvalue weighted by atomic mass is 35.5. The molecule has 108 valence electrons. The summed E-state index contributed by atoms with van der Waals surface area (Å²) in [6.07, 6.45) is -2.90. The van der Waals surface area contributed by atoms with Crippen molar-refractivity contribution in [2.75, 3.05) is 11.9 Å². The number of anilines is 1. The molecule has 0 aromatic carbocycles. The highest BCUT2D eigenvalue weighted by Crippen LogP contribution is 2.32. The van der Waals surface area contributed by atoms with Gasteiger partial charge in [0.25, 0.3) is 0 Å². The van der Waals surface area contributed by atoms with Gasteiger partial charge in [-0.05, 0) is 18.4 Å². The van der Waals surface area contributed by atoms with Crippen LogP contribution < -0.4 is 11.1 Å². The van der Waals surface area contributed by atoms with Gasteiger partial charge < -0.3 is 11.1 Å². The Labute approximate surface area is 115 Å². The zero-order valence-electron chi connectivity index (χ0n) is 10.8. The van der Waals surface area contributed by atoms with E-state index in [0.29, 0.717) is 12.5 Å². The van der Waals surface area contributed by atoms with Gasteiger partial charge in [0.15, 0.2) is 0 Å². The van der Waals surface area contributed by atoms with Gasteiger partial charge in [0, 0.05) is 18.8 Å². The van der Waals surface area contributed by atoms with Gasteiger partial charge in [-0.25, -0.2) is 4.98 Å². The molecule has 1 heterocycles. The number of aromatic nitrogens is 1. The van der Waals surface area contributed by atoms with Gasteiger partial charge >= 0.3 is 6.18 Å². The summed E-state index contributed by atoms with van der Waals surface area (Å²) in [5.41, 5.74) is 4.74. The van der Waals surface area contributed by atoms with Crippen LogP contribution in [-0.2, 0) is 6.18 Å². The summed E-state index contributed by atoms with van der Waals surface area (Å²) in [7, 11) is 0. The predicted octanol–water partition coefficient (Wildman–Crippen LogP) is 3.54. The molecule has 1 aromatic heterocycles. The number of pyridine rings is 1. The first-order valence-electron chi connectivity index (χ1n) is 5.93. The SMILES string of the molecule is CC(C)CC(CN)Nc1ncc(C(F)(F)F)cc1Cl. The molecule has 0 saturated heterocycles. The predicted molar refractivity (Wildman–Crippen MR) is 70.2 cm³/mol. The summed E-state index contributed by atoms with van der Waals surface area (Å²) < 4.78 is 37.4. The lowest BCUT2D eigenvalue weighted by Gasteiger charge is -2.20. The summed E-state index contributed by atoms with van der Waals surface area (Å²) in [4.78, 5) is 3.72. The van der Waals surface area contributed by atoms with Gasteiger partial charge in [-0.2, -0.15) is 13.2 Å². The molecule has 0 fully saturated rings. The lowest BCUT2D eigenvalue weighted by atomic mass is 10.0. The number of nitrogens with zero attached hydrogens (tertiary/aromatic N) is 1. The first-order chi connectivity index (χ1) is 8.74. The lowest BCUT2D eigenvalue weighted by Crippen LogP contribution is -2.30. The maximum absolute atomic E-state index is 12.5. The fourth-order valence-corrected chi connectivity index (χ4v) is 1.90. The smallest absolute Gasteiger partial charge is 0.365 e. The van der Waals surface area contributed by atoms with Crippen LogP contribution in [0.4, 0.5) is 19.0 Å². The maximum Gasteiger partial charge on any atom is 0.417 e. The van der Waals surface area contributed by atoms with Crippen molar-refractivity contribution >= 4 is 17.4 Å². The third-order valence-corrected chi connectivity index (χ3v) is 2.84. The van der Waals surface area contributed by atoms with E-state index >= 15 is 0 Å². The molecular formula is C12H17ClF3N3. The number of halogens is 4. The minimum absolute atomic E-state index is 0.0583. The average molecular weight is 296 g/mol. The molecule has 0 aliphatic carbocycles. The van der Waals surface area contributed by atoms with Crippen LogP contribution in [0.3, 0.4) is 0 Å². The van der Waals surface area contributed by atoms with Crippen molar-refractivity contribution in [2.45, 2.75) is 32.5 Å². The Kier molecular flexibility index (Phi) is 5.43. The molecule has 0 aliphatic heterocycles. The molecule has 0 radical (unpaired) electrons. The molecule has 1 unspecified atom stereocenters. The van der Waals surface area contributed by atoms with Crippen molar-refractivity contribution in [1.82, 2.24) is 4.98 Å². The molecule has 0 bridgehead atoms. The third-order valence-electron chi connectivity index (χ3n) is 2.55. The van der Waals surface area contributed by atoms with Crippen molar-refractivity contribution in [3.8, 4) is 0 Å². The molecule has 0 aliphatic rings. The van der Waals surface area contributed by atoms with Crippen LogP contribution in [0.1, 0.15) is 25.8 Å². The molecule has 3 N–H and O–H groups in total. The maximum atomic E-state index is 12.5. The molecule has 7 heteroatoms. The van der Waals surface area contributed by atoms with Gasteiger partial charge in [0.2, 0.25) is 0 Å². The van der Waals surface area contributed by atoms with Crippen LogP contribution in [-0.4, -0.2) is 17.6 Å². The molecule has 1 rings (SSSR count).